The summed E-state index contributed by atoms with van der Waals surface area (Å²) in [6, 6.07) is 5.94. The van der Waals surface area contributed by atoms with Crippen LogP contribution in [0.3, 0.4) is 0 Å². The van der Waals surface area contributed by atoms with Crippen LogP contribution in [0, 0.1) is 12.7 Å². The molecule has 4 nitrogen and oxygen atoms in total. The second-order valence-electron chi connectivity index (χ2n) is 5.61. The first-order valence-electron chi connectivity index (χ1n) is 7.46. The summed E-state index contributed by atoms with van der Waals surface area (Å²) in [5.74, 6) is -0.439. The van der Waals surface area contributed by atoms with Crippen molar-refractivity contribution in [3.63, 3.8) is 0 Å². The number of amides is 1. The summed E-state index contributed by atoms with van der Waals surface area (Å²) in [7, 11) is 0. The van der Waals surface area contributed by atoms with Crippen molar-refractivity contribution in [1.82, 2.24) is 10.3 Å². The Balaban J connectivity index is 1.84. The number of carbonyl (C=O) groups is 1. The number of halogens is 1. The van der Waals surface area contributed by atoms with Gasteiger partial charge < -0.3 is 15.0 Å². The van der Waals surface area contributed by atoms with Crippen LogP contribution in [0.2, 0.25) is 0 Å². The molecule has 116 valence electrons. The standard InChI is InChI=1S/C17H19FN2O2/c1-11-9-19-10-14(11)17(21)20-16(15-3-2-8-22-15)12-4-6-13(18)7-5-12/h4-7,9-10,15-16,19H,2-3,8H2,1H3,(H,20,21)/t15-,16-/m1/s1. The third kappa shape index (κ3) is 3.04. The Kier molecular flexibility index (Phi) is 4.24. The van der Waals surface area contributed by atoms with Gasteiger partial charge in [-0.2, -0.15) is 0 Å². The minimum absolute atomic E-state index is 0.0753. The molecule has 2 atom stereocenters. The van der Waals surface area contributed by atoms with E-state index in [9.17, 15) is 9.18 Å². The van der Waals surface area contributed by atoms with Crippen LogP contribution in [0.5, 0.6) is 0 Å². The van der Waals surface area contributed by atoms with E-state index in [-0.39, 0.29) is 23.9 Å². The minimum Gasteiger partial charge on any atom is -0.376 e. The van der Waals surface area contributed by atoms with Crippen molar-refractivity contribution in [3.8, 4) is 0 Å². The summed E-state index contributed by atoms with van der Waals surface area (Å²) in [5.41, 5.74) is 2.36. The maximum atomic E-state index is 13.1. The number of rotatable bonds is 4. The molecule has 0 aliphatic carbocycles. The van der Waals surface area contributed by atoms with Gasteiger partial charge in [0.1, 0.15) is 5.82 Å². The van der Waals surface area contributed by atoms with Crippen molar-refractivity contribution in [2.24, 2.45) is 0 Å². The molecule has 1 aliphatic heterocycles. The first-order valence-corrected chi connectivity index (χ1v) is 7.46. The topological polar surface area (TPSA) is 54.1 Å². The molecule has 1 amide bonds. The van der Waals surface area contributed by atoms with Gasteiger partial charge in [0.05, 0.1) is 17.7 Å². The Bertz CT molecular complexity index is 645. The Morgan fingerprint density at radius 2 is 2.14 bits per heavy atom. The van der Waals surface area contributed by atoms with E-state index in [1.807, 2.05) is 6.92 Å². The fourth-order valence-corrected chi connectivity index (χ4v) is 2.83. The molecule has 3 rings (SSSR count). The van der Waals surface area contributed by atoms with Gasteiger partial charge in [0.2, 0.25) is 0 Å². The SMILES string of the molecule is Cc1c[nH]cc1C(=O)N[C@H](c1ccc(F)cc1)[C@H]1CCCO1. The predicted molar refractivity (Wildman–Crippen MR) is 81.1 cm³/mol. The molecule has 1 aromatic heterocycles. The molecule has 22 heavy (non-hydrogen) atoms. The number of nitrogens with one attached hydrogen (secondary N) is 2. The Labute approximate surface area is 128 Å². The largest absolute Gasteiger partial charge is 0.376 e. The number of hydrogen-bond donors (Lipinski definition) is 2. The average Bonchev–Trinajstić information content (AvgIpc) is 3.17. The van der Waals surface area contributed by atoms with Crippen LogP contribution < -0.4 is 5.32 Å². The second-order valence-corrected chi connectivity index (χ2v) is 5.61. The van der Waals surface area contributed by atoms with Gasteiger partial charge in [-0.15, -0.1) is 0 Å². The maximum absolute atomic E-state index is 13.1. The van der Waals surface area contributed by atoms with Crippen LogP contribution in [0.4, 0.5) is 4.39 Å². The Morgan fingerprint density at radius 3 is 2.73 bits per heavy atom. The van der Waals surface area contributed by atoms with Crippen LogP contribution in [-0.2, 0) is 4.74 Å². The molecule has 0 bridgehead atoms. The molecule has 1 saturated heterocycles. The molecule has 0 spiro atoms. The van der Waals surface area contributed by atoms with Gasteiger partial charge in [-0.1, -0.05) is 12.1 Å². The van der Waals surface area contributed by atoms with Crippen LogP contribution in [0.1, 0.15) is 40.4 Å². The highest BCUT2D eigenvalue weighted by molar-refractivity contribution is 5.95. The van der Waals surface area contributed by atoms with Crippen molar-refractivity contribution in [2.75, 3.05) is 6.61 Å². The Hall–Kier alpha value is -2.14. The number of aromatic amines is 1. The highest BCUT2D eigenvalue weighted by Gasteiger charge is 2.29. The van der Waals surface area contributed by atoms with E-state index in [0.29, 0.717) is 12.2 Å². The fraction of sp³-hybridized carbons (Fsp3) is 0.353. The first kappa shape index (κ1) is 14.8. The fourth-order valence-electron chi connectivity index (χ4n) is 2.83. The molecule has 0 radical (unpaired) electrons. The molecule has 0 saturated carbocycles. The second kappa shape index (κ2) is 6.32. The monoisotopic (exact) mass is 302 g/mol. The normalized spacial score (nSPS) is 19.1. The molecule has 1 fully saturated rings. The van der Waals surface area contributed by atoms with E-state index in [1.54, 1.807) is 24.5 Å². The molecular formula is C17H19FN2O2. The van der Waals surface area contributed by atoms with E-state index in [2.05, 4.69) is 10.3 Å². The van der Waals surface area contributed by atoms with Crippen LogP contribution in [0.15, 0.2) is 36.7 Å². The third-order valence-electron chi connectivity index (χ3n) is 4.05. The zero-order valence-electron chi connectivity index (χ0n) is 12.4. The Morgan fingerprint density at radius 1 is 1.36 bits per heavy atom. The number of H-pyrrole nitrogens is 1. The lowest BCUT2D eigenvalue weighted by Gasteiger charge is -2.24. The zero-order chi connectivity index (χ0) is 15.5. The summed E-state index contributed by atoms with van der Waals surface area (Å²) in [4.78, 5) is 15.4. The molecule has 2 aromatic rings. The molecule has 5 heteroatoms. The molecule has 1 aromatic carbocycles. The summed E-state index contributed by atoms with van der Waals surface area (Å²) in [6.07, 6.45) is 5.25. The van der Waals surface area contributed by atoms with E-state index in [1.165, 1.54) is 12.1 Å². The van der Waals surface area contributed by atoms with Crippen molar-refractivity contribution in [3.05, 3.63) is 59.2 Å². The van der Waals surface area contributed by atoms with Crippen LogP contribution in [0.25, 0.3) is 0 Å². The summed E-state index contributed by atoms with van der Waals surface area (Å²) < 4.78 is 18.9. The van der Waals surface area contributed by atoms with Crippen molar-refractivity contribution >= 4 is 5.91 Å². The van der Waals surface area contributed by atoms with Crippen molar-refractivity contribution in [2.45, 2.75) is 31.9 Å². The number of ether oxygens (including phenoxy) is 1. The lowest BCUT2D eigenvalue weighted by molar-refractivity contribution is 0.0672. The number of carbonyl (C=O) groups excluding carboxylic acids is 1. The minimum atomic E-state index is -0.289. The first-order chi connectivity index (χ1) is 10.6. The van der Waals surface area contributed by atoms with Gasteiger partial charge in [-0.3, -0.25) is 4.79 Å². The van der Waals surface area contributed by atoms with Gasteiger partial charge in [0.25, 0.3) is 5.91 Å². The van der Waals surface area contributed by atoms with Crippen molar-refractivity contribution in [1.29, 1.82) is 0 Å². The molecular weight excluding hydrogens is 283 g/mol. The lowest BCUT2D eigenvalue weighted by atomic mass is 9.98. The number of aromatic nitrogens is 1. The van der Waals surface area contributed by atoms with Crippen molar-refractivity contribution < 1.29 is 13.9 Å². The maximum Gasteiger partial charge on any atom is 0.253 e. The van der Waals surface area contributed by atoms with Gasteiger partial charge in [0.15, 0.2) is 0 Å². The molecule has 1 aliphatic rings. The van der Waals surface area contributed by atoms with Gasteiger partial charge in [0, 0.05) is 19.0 Å². The molecule has 0 unspecified atom stereocenters. The van der Waals surface area contributed by atoms with Crippen LogP contribution >= 0.6 is 0 Å². The zero-order valence-corrected chi connectivity index (χ0v) is 12.4. The number of benzene rings is 1. The predicted octanol–water partition coefficient (Wildman–Crippen LogP) is 3.11. The summed E-state index contributed by atoms with van der Waals surface area (Å²) in [5, 5.41) is 3.03. The van der Waals surface area contributed by atoms with Crippen LogP contribution in [-0.4, -0.2) is 23.6 Å². The smallest absolute Gasteiger partial charge is 0.253 e. The average molecular weight is 302 g/mol. The van der Waals surface area contributed by atoms with E-state index in [4.69, 9.17) is 4.74 Å². The number of hydrogen-bond acceptors (Lipinski definition) is 2. The van der Waals surface area contributed by atoms with E-state index in [0.717, 1.165) is 24.0 Å². The number of aryl methyl sites for hydroxylation is 1. The van der Waals surface area contributed by atoms with Gasteiger partial charge in [-0.25, -0.2) is 4.39 Å². The molecule has 2 heterocycles. The van der Waals surface area contributed by atoms with Gasteiger partial charge in [-0.05, 0) is 43.0 Å². The highest BCUT2D eigenvalue weighted by Crippen LogP contribution is 2.27. The quantitative estimate of drug-likeness (QED) is 0.912. The van der Waals surface area contributed by atoms with E-state index >= 15 is 0 Å². The third-order valence-corrected chi connectivity index (χ3v) is 4.05. The summed E-state index contributed by atoms with van der Waals surface area (Å²) >= 11 is 0. The summed E-state index contributed by atoms with van der Waals surface area (Å²) in [6.45, 7) is 2.58. The van der Waals surface area contributed by atoms with Gasteiger partial charge >= 0.3 is 0 Å². The highest BCUT2D eigenvalue weighted by atomic mass is 19.1. The molecule has 2 N–H and O–H groups in total. The van der Waals surface area contributed by atoms with E-state index < -0.39 is 0 Å². The lowest BCUT2D eigenvalue weighted by Crippen LogP contribution is -2.36.